The van der Waals surface area contributed by atoms with Gasteiger partial charge in [-0.05, 0) is 36.4 Å². The van der Waals surface area contributed by atoms with E-state index in [1.807, 2.05) is 6.07 Å². The standard InChI is InChI=1S/C20H12F6N4O2/c21-19(22,23)15-7-14(5-4-12(15)9-28)30-10-16(32-18(30)20(24,25)26)17(31)29-13-3-1-2-11(6-13)8-27/h1-7,16,18H,10H2,(H,29,31)/t16-,18+/m0/s1. The number of nitrogens with one attached hydrogen (secondary N) is 1. The maximum atomic E-state index is 13.5. The van der Waals surface area contributed by atoms with Crippen molar-refractivity contribution in [3.63, 3.8) is 0 Å². The number of carbonyl (C=O) groups is 1. The van der Waals surface area contributed by atoms with Crippen LogP contribution in [-0.2, 0) is 15.7 Å². The first kappa shape index (κ1) is 22.9. The fourth-order valence-corrected chi connectivity index (χ4v) is 3.12. The molecule has 1 aliphatic heterocycles. The monoisotopic (exact) mass is 454 g/mol. The summed E-state index contributed by atoms with van der Waals surface area (Å²) in [7, 11) is 0. The molecule has 6 nitrogen and oxygen atoms in total. The number of hydrogen-bond donors (Lipinski definition) is 1. The third kappa shape index (κ3) is 4.76. The predicted molar refractivity (Wildman–Crippen MR) is 98.0 cm³/mol. The van der Waals surface area contributed by atoms with Gasteiger partial charge in [0.25, 0.3) is 5.91 Å². The van der Waals surface area contributed by atoms with Crippen LogP contribution in [0.2, 0.25) is 0 Å². The second-order valence-electron chi connectivity index (χ2n) is 6.69. The van der Waals surface area contributed by atoms with Gasteiger partial charge in [-0.3, -0.25) is 4.79 Å². The van der Waals surface area contributed by atoms with Crippen molar-refractivity contribution in [3.05, 3.63) is 59.2 Å². The van der Waals surface area contributed by atoms with E-state index in [1.54, 1.807) is 0 Å². The molecule has 2 atom stereocenters. The molecule has 1 aliphatic rings. The van der Waals surface area contributed by atoms with Crippen molar-refractivity contribution in [1.29, 1.82) is 10.5 Å². The van der Waals surface area contributed by atoms with E-state index in [0.717, 1.165) is 12.1 Å². The molecule has 1 N–H and O–H groups in total. The van der Waals surface area contributed by atoms with Gasteiger partial charge in [-0.1, -0.05) is 6.07 Å². The van der Waals surface area contributed by atoms with E-state index in [2.05, 4.69) is 5.32 Å². The van der Waals surface area contributed by atoms with Crippen molar-refractivity contribution in [2.75, 3.05) is 16.8 Å². The second kappa shape index (κ2) is 8.40. The molecule has 0 aromatic heterocycles. The number of ether oxygens (including phenoxy) is 1. The highest BCUT2D eigenvalue weighted by atomic mass is 19.4. The van der Waals surface area contributed by atoms with Crippen LogP contribution < -0.4 is 10.2 Å². The molecule has 3 rings (SSSR count). The molecular formula is C20H12F6N4O2. The number of alkyl halides is 6. The number of nitrogens with zero attached hydrogens (tertiary/aromatic N) is 3. The Kier molecular flexibility index (Phi) is 6.01. The lowest BCUT2D eigenvalue weighted by atomic mass is 10.1. The predicted octanol–water partition coefficient (Wildman–Crippen LogP) is 4.18. The minimum Gasteiger partial charge on any atom is -0.335 e. The van der Waals surface area contributed by atoms with E-state index in [9.17, 15) is 31.1 Å². The summed E-state index contributed by atoms with van der Waals surface area (Å²) in [4.78, 5) is 12.9. The first-order valence-electron chi connectivity index (χ1n) is 8.85. The zero-order valence-corrected chi connectivity index (χ0v) is 15.8. The molecule has 0 saturated carbocycles. The van der Waals surface area contributed by atoms with E-state index >= 15 is 0 Å². The van der Waals surface area contributed by atoms with Crippen LogP contribution in [0.5, 0.6) is 0 Å². The van der Waals surface area contributed by atoms with E-state index in [1.165, 1.54) is 30.3 Å². The molecule has 0 radical (unpaired) electrons. The lowest BCUT2D eigenvalue weighted by Gasteiger charge is -2.27. The van der Waals surface area contributed by atoms with E-state index in [-0.39, 0.29) is 11.3 Å². The van der Waals surface area contributed by atoms with Crippen molar-refractivity contribution in [3.8, 4) is 12.1 Å². The van der Waals surface area contributed by atoms with Gasteiger partial charge < -0.3 is 15.0 Å². The Morgan fingerprint density at radius 3 is 2.38 bits per heavy atom. The summed E-state index contributed by atoms with van der Waals surface area (Å²) in [5.41, 5.74) is -2.34. The molecule has 0 aliphatic carbocycles. The molecule has 2 aromatic rings. The van der Waals surface area contributed by atoms with Crippen molar-refractivity contribution < 1.29 is 35.9 Å². The fourth-order valence-electron chi connectivity index (χ4n) is 3.12. The molecule has 1 fully saturated rings. The molecule has 32 heavy (non-hydrogen) atoms. The Bertz CT molecular complexity index is 1120. The zero-order valence-electron chi connectivity index (χ0n) is 15.8. The Labute approximate surface area is 177 Å². The smallest absolute Gasteiger partial charge is 0.335 e. The Morgan fingerprint density at radius 1 is 1.06 bits per heavy atom. The molecule has 1 heterocycles. The number of amides is 1. The van der Waals surface area contributed by atoms with Crippen LogP contribution in [-0.4, -0.2) is 31.0 Å². The highest BCUT2D eigenvalue weighted by Gasteiger charge is 2.52. The number of anilines is 2. The average molecular weight is 454 g/mol. The fraction of sp³-hybridized carbons (Fsp3) is 0.250. The SMILES string of the molecule is N#Cc1cccc(NC(=O)[C@@H]2CN(c3ccc(C#N)c(C(F)(F)F)c3)[C@@H](C(F)(F)F)O2)c1. The van der Waals surface area contributed by atoms with E-state index in [4.69, 9.17) is 15.3 Å². The molecule has 12 heteroatoms. The van der Waals surface area contributed by atoms with Gasteiger partial charge in [0.05, 0.1) is 35.4 Å². The average Bonchev–Trinajstić information content (AvgIpc) is 3.19. The van der Waals surface area contributed by atoms with Crippen LogP contribution in [0.3, 0.4) is 0 Å². The van der Waals surface area contributed by atoms with Gasteiger partial charge in [-0.15, -0.1) is 0 Å². The Balaban J connectivity index is 1.90. The number of rotatable bonds is 3. The molecule has 0 bridgehead atoms. The Hall–Kier alpha value is -3.77. The van der Waals surface area contributed by atoms with Gasteiger partial charge in [-0.25, -0.2) is 0 Å². The van der Waals surface area contributed by atoms with Crippen LogP contribution in [0.15, 0.2) is 42.5 Å². The minimum atomic E-state index is -5.03. The zero-order chi connectivity index (χ0) is 23.7. The van der Waals surface area contributed by atoms with Crippen molar-refractivity contribution in [1.82, 2.24) is 0 Å². The summed E-state index contributed by atoms with van der Waals surface area (Å²) in [5, 5.41) is 20.1. The van der Waals surface area contributed by atoms with Gasteiger partial charge in [0.1, 0.15) is 0 Å². The van der Waals surface area contributed by atoms with Crippen LogP contribution >= 0.6 is 0 Å². The highest BCUT2D eigenvalue weighted by molar-refractivity contribution is 5.95. The van der Waals surface area contributed by atoms with Crippen LogP contribution in [0.1, 0.15) is 16.7 Å². The third-order valence-corrected chi connectivity index (χ3v) is 4.53. The summed E-state index contributed by atoms with van der Waals surface area (Å²) in [6.07, 6.45) is -14.4. The van der Waals surface area contributed by atoms with Gasteiger partial charge in [0.15, 0.2) is 6.10 Å². The summed E-state index contributed by atoms with van der Waals surface area (Å²) in [6.45, 7) is -0.697. The minimum absolute atomic E-state index is 0.136. The number of nitriles is 2. The van der Waals surface area contributed by atoms with Gasteiger partial charge in [-0.2, -0.15) is 36.9 Å². The summed E-state index contributed by atoms with van der Waals surface area (Å²) in [6, 6.07) is 10.9. The van der Waals surface area contributed by atoms with Crippen LogP contribution in [0, 0.1) is 22.7 Å². The van der Waals surface area contributed by atoms with Crippen LogP contribution in [0.25, 0.3) is 0 Å². The quantitative estimate of drug-likeness (QED) is 0.703. The molecule has 1 amide bonds. The maximum Gasteiger partial charge on any atom is 0.433 e. The third-order valence-electron chi connectivity index (χ3n) is 4.53. The lowest BCUT2D eigenvalue weighted by Crippen LogP contribution is -2.42. The van der Waals surface area contributed by atoms with Gasteiger partial charge in [0.2, 0.25) is 6.23 Å². The van der Waals surface area contributed by atoms with Gasteiger partial charge in [0, 0.05) is 11.4 Å². The summed E-state index contributed by atoms with van der Waals surface area (Å²) < 4.78 is 85.1. The first-order valence-corrected chi connectivity index (χ1v) is 8.85. The van der Waals surface area contributed by atoms with Crippen molar-refractivity contribution in [2.45, 2.75) is 24.7 Å². The molecule has 2 aromatic carbocycles. The number of carbonyl (C=O) groups excluding carboxylic acids is 1. The molecule has 1 saturated heterocycles. The van der Waals surface area contributed by atoms with Gasteiger partial charge >= 0.3 is 12.4 Å². The highest BCUT2D eigenvalue weighted by Crippen LogP contribution is 2.39. The lowest BCUT2D eigenvalue weighted by molar-refractivity contribution is -0.212. The van der Waals surface area contributed by atoms with E-state index in [0.29, 0.717) is 11.0 Å². The molecule has 166 valence electrons. The van der Waals surface area contributed by atoms with Crippen molar-refractivity contribution in [2.24, 2.45) is 0 Å². The first-order chi connectivity index (χ1) is 14.9. The second-order valence-corrected chi connectivity index (χ2v) is 6.69. The number of benzene rings is 2. The normalized spacial score (nSPS) is 18.7. The largest absolute Gasteiger partial charge is 0.433 e. The number of halogens is 6. The Morgan fingerprint density at radius 2 is 1.78 bits per heavy atom. The topological polar surface area (TPSA) is 89.2 Å². The summed E-state index contributed by atoms with van der Waals surface area (Å²) >= 11 is 0. The maximum absolute atomic E-state index is 13.5. The van der Waals surface area contributed by atoms with E-state index < -0.39 is 54.0 Å². The number of hydrogen-bond acceptors (Lipinski definition) is 5. The molecule has 0 unspecified atom stereocenters. The molecular weight excluding hydrogens is 442 g/mol. The molecule has 0 spiro atoms. The van der Waals surface area contributed by atoms with Crippen LogP contribution in [0.4, 0.5) is 37.7 Å². The summed E-state index contributed by atoms with van der Waals surface area (Å²) in [5.74, 6) is -0.971. The van der Waals surface area contributed by atoms with Crippen molar-refractivity contribution >= 4 is 17.3 Å².